The monoisotopic (exact) mass is 284 g/mol. The first-order valence-corrected chi connectivity index (χ1v) is 6.22. The summed E-state index contributed by atoms with van der Waals surface area (Å²) in [4.78, 5) is 12.1. The summed E-state index contributed by atoms with van der Waals surface area (Å²) in [5.74, 6) is 0.291. The lowest BCUT2D eigenvalue weighted by Crippen LogP contribution is -2.01. The summed E-state index contributed by atoms with van der Waals surface area (Å²) < 4.78 is 10.9. The van der Waals surface area contributed by atoms with Crippen LogP contribution in [0.2, 0.25) is 0 Å². The van der Waals surface area contributed by atoms with Crippen LogP contribution in [-0.2, 0) is 0 Å². The Kier molecular flexibility index (Phi) is 2.83. The number of phenolic OH excluding ortho intramolecular Hbond substituents is 1. The molecule has 0 saturated carbocycles. The third-order valence-electron chi connectivity index (χ3n) is 3.19. The lowest BCUT2D eigenvalue weighted by atomic mass is 10.1. The molecule has 5 heteroatoms. The number of allylic oxidation sites excluding steroid dienone is 1. The van der Waals surface area contributed by atoms with E-state index in [9.17, 15) is 15.0 Å². The number of aliphatic hydroxyl groups excluding tert-OH is 1. The van der Waals surface area contributed by atoms with Gasteiger partial charge in [-0.3, -0.25) is 0 Å². The molecule has 3 aromatic rings. The molecule has 0 aliphatic heterocycles. The first-order valence-electron chi connectivity index (χ1n) is 6.22. The van der Waals surface area contributed by atoms with Crippen LogP contribution in [0.4, 0.5) is 0 Å². The van der Waals surface area contributed by atoms with E-state index in [2.05, 4.69) is 6.58 Å². The third kappa shape index (κ3) is 2.08. The molecule has 0 unspecified atom stereocenters. The summed E-state index contributed by atoms with van der Waals surface area (Å²) in [6, 6.07) is 4.51. The number of aliphatic hydroxyl groups is 1. The SMILES string of the molecule is C=C(O)/C=C\c1c(C)oc(=O)c2c1oc1cc(O)ccc12. The smallest absolute Gasteiger partial charge is 0.347 e. The average molecular weight is 284 g/mol. The van der Waals surface area contributed by atoms with Crippen LogP contribution >= 0.6 is 0 Å². The number of rotatable bonds is 2. The lowest BCUT2D eigenvalue weighted by Gasteiger charge is -1.99. The molecule has 2 aromatic heterocycles. The molecule has 1 aromatic carbocycles. The number of hydrogen-bond acceptors (Lipinski definition) is 5. The van der Waals surface area contributed by atoms with Gasteiger partial charge < -0.3 is 19.0 Å². The molecule has 3 rings (SSSR count). The van der Waals surface area contributed by atoms with Gasteiger partial charge in [-0.15, -0.1) is 0 Å². The maximum absolute atomic E-state index is 12.1. The van der Waals surface area contributed by atoms with E-state index in [-0.39, 0.29) is 11.5 Å². The molecule has 0 saturated heterocycles. The number of benzene rings is 1. The highest BCUT2D eigenvalue weighted by Gasteiger charge is 2.17. The molecule has 0 atom stereocenters. The van der Waals surface area contributed by atoms with Crippen LogP contribution in [0.15, 0.2) is 50.2 Å². The van der Waals surface area contributed by atoms with Gasteiger partial charge in [-0.05, 0) is 31.2 Å². The van der Waals surface area contributed by atoms with Crippen molar-refractivity contribution in [3.05, 3.63) is 58.4 Å². The topological polar surface area (TPSA) is 83.8 Å². The molecule has 2 heterocycles. The fraction of sp³-hybridized carbons (Fsp3) is 0.0625. The second kappa shape index (κ2) is 4.56. The highest BCUT2D eigenvalue weighted by Crippen LogP contribution is 2.32. The maximum Gasteiger partial charge on any atom is 0.347 e. The first kappa shape index (κ1) is 13.1. The molecule has 5 nitrogen and oxygen atoms in total. The number of aromatic hydroxyl groups is 1. The lowest BCUT2D eigenvalue weighted by molar-refractivity contribution is 0.436. The van der Waals surface area contributed by atoms with Crippen LogP contribution in [0.5, 0.6) is 5.75 Å². The number of furan rings is 1. The van der Waals surface area contributed by atoms with Gasteiger partial charge in [0.25, 0.3) is 0 Å². The highest BCUT2D eigenvalue weighted by molar-refractivity contribution is 6.07. The highest BCUT2D eigenvalue weighted by atomic mass is 16.4. The third-order valence-corrected chi connectivity index (χ3v) is 3.19. The van der Waals surface area contributed by atoms with E-state index >= 15 is 0 Å². The Bertz CT molecular complexity index is 956. The fourth-order valence-electron chi connectivity index (χ4n) is 2.26. The Morgan fingerprint density at radius 3 is 2.81 bits per heavy atom. The van der Waals surface area contributed by atoms with E-state index < -0.39 is 5.63 Å². The van der Waals surface area contributed by atoms with Crippen molar-refractivity contribution in [1.82, 2.24) is 0 Å². The van der Waals surface area contributed by atoms with Gasteiger partial charge in [0, 0.05) is 11.5 Å². The van der Waals surface area contributed by atoms with Crippen molar-refractivity contribution in [2.45, 2.75) is 6.92 Å². The number of hydrogen-bond donors (Lipinski definition) is 2. The molecular formula is C16H12O5. The standard InChI is InChI=1S/C16H12O5/c1-8(17)3-5-11-9(2)20-16(19)14-12-6-4-10(18)7-13(12)21-15(11)14/h3-7,17-18H,1H2,2H3/b5-3-. The molecule has 0 fully saturated rings. The quantitative estimate of drug-likeness (QED) is 0.554. The van der Waals surface area contributed by atoms with Gasteiger partial charge >= 0.3 is 5.63 Å². The molecule has 0 aliphatic rings. The minimum atomic E-state index is -0.507. The Labute approximate surface area is 119 Å². The number of aryl methyl sites for hydroxylation is 1. The summed E-state index contributed by atoms with van der Waals surface area (Å²) >= 11 is 0. The number of fused-ring (bicyclic) bond motifs is 3. The zero-order valence-corrected chi connectivity index (χ0v) is 11.2. The zero-order chi connectivity index (χ0) is 15.1. The molecule has 0 aliphatic carbocycles. The van der Waals surface area contributed by atoms with Gasteiger partial charge in [-0.25, -0.2) is 4.79 Å². The largest absolute Gasteiger partial charge is 0.509 e. The molecule has 2 N–H and O–H groups in total. The summed E-state index contributed by atoms with van der Waals surface area (Å²) in [7, 11) is 0. The maximum atomic E-state index is 12.1. The van der Waals surface area contributed by atoms with Crippen LogP contribution in [0.1, 0.15) is 11.3 Å². The van der Waals surface area contributed by atoms with E-state index in [0.29, 0.717) is 33.3 Å². The van der Waals surface area contributed by atoms with E-state index in [0.717, 1.165) is 0 Å². The van der Waals surface area contributed by atoms with Crippen molar-refractivity contribution < 1.29 is 19.0 Å². The molecule has 106 valence electrons. The molecule has 0 spiro atoms. The Hall–Kier alpha value is -2.95. The molecular weight excluding hydrogens is 272 g/mol. The Morgan fingerprint density at radius 2 is 2.10 bits per heavy atom. The van der Waals surface area contributed by atoms with E-state index in [1.807, 2.05) is 0 Å². The van der Waals surface area contributed by atoms with Gasteiger partial charge in [0.1, 0.15) is 28.2 Å². The predicted molar refractivity (Wildman–Crippen MR) is 79.5 cm³/mol. The van der Waals surface area contributed by atoms with Crippen LogP contribution in [0.3, 0.4) is 0 Å². The van der Waals surface area contributed by atoms with Crippen LogP contribution < -0.4 is 5.63 Å². The Balaban J connectivity index is 2.46. The summed E-state index contributed by atoms with van der Waals surface area (Å²) in [5.41, 5.74) is 0.768. The van der Waals surface area contributed by atoms with Crippen LogP contribution in [0, 0.1) is 6.92 Å². The summed E-state index contributed by atoms with van der Waals surface area (Å²) in [6.07, 6.45) is 2.94. The zero-order valence-electron chi connectivity index (χ0n) is 11.2. The summed E-state index contributed by atoms with van der Waals surface area (Å²) in [6.45, 7) is 4.99. The fourth-order valence-corrected chi connectivity index (χ4v) is 2.26. The van der Waals surface area contributed by atoms with Crippen LogP contribution in [0.25, 0.3) is 28.0 Å². The minimum Gasteiger partial charge on any atom is -0.509 e. The van der Waals surface area contributed by atoms with Crippen molar-refractivity contribution in [1.29, 1.82) is 0 Å². The van der Waals surface area contributed by atoms with Crippen molar-refractivity contribution in [2.75, 3.05) is 0 Å². The second-order valence-electron chi connectivity index (χ2n) is 4.67. The average Bonchev–Trinajstić information content (AvgIpc) is 2.76. The van der Waals surface area contributed by atoms with Gasteiger partial charge in [-0.2, -0.15) is 0 Å². The van der Waals surface area contributed by atoms with Crippen molar-refractivity contribution in [3.63, 3.8) is 0 Å². The normalized spacial score (nSPS) is 11.7. The van der Waals surface area contributed by atoms with Gasteiger partial charge in [-0.1, -0.05) is 6.58 Å². The van der Waals surface area contributed by atoms with E-state index in [1.54, 1.807) is 19.1 Å². The van der Waals surface area contributed by atoms with Gasteiger partial charge in [0.05, 0.1) is 5.56 Å². The molecule has 0 bridgehead atoms. The minimum absolute atomic E-state index is 0.0449. The summed E-state index contributed by atoms with van der Waals surface area (Å²) in [5, 5.41) is 19.5. The molecule has 0 radical (unpaired) electrons. The van der Waals surface area contributed by atoms with Gasteiger partial charge in [0.15, 0.2) is 5.58 Å². The molecule has 0 amide bonds. The number of phenols is 1. The Morgan fingerprint density at radius 1 is 1.33 bits per heavy atom. The van der Waals surface area contributed by atoms with E-state index in [4.69, 9.17) is 8.83 Å². The van der Waals surface area contributed by atoms with Crippen molar-refractivity contribution in [3.8, 4) is 5.75 Å². The second-order valence-corrected chi connectivity index (χ2v) is 4.67. The van der Waals surface area contributed by atoms with Crippen molar-refractivity contribution in [2.24, 2.45) is 0 Å². The van der Waals surface area contributed by atoms with Crippen LogP contribution in [-0.4, -0.2) is 10.2 Å². The van der Waals surface area contributed by atoms with Gasteiger partial charge in [0.2, 0.25) is 0 Å². The van der Waals surface area contributed by atoms with Crippen molar-refractivity contribution >= 4 is 28.0 Å². The first-order chi connectivity index (χ1) is 9.97. The predicted octanol–water partition coefficient (Wildman–Crippen LogP) is 3.64. The van der Waals surface area contributed by atoms with E-state index in [1.165, 1.54) is 18.2 Å². The molecule has 21 heavy (non-hydrogen) atoms.